The molecule has 13 heavy (non-hydrogen) atoms. The van der Waals surface area contributed by atoms with Crippen molar-refractivity contribution >= 4 is 17.0 Å². The third-order valence-electron chi connectivity index (χ3n) is 1.32. The highest BCUT2D eigenvalue weighted by Crippen LogP contribution is 2.04. The van der Waals surface area contributed by atoms with E-state index in [4.69, 9.17) is 4.55 Å². The fourth-order valence-electron chi connectivity index (χ4n) is 0.759. The van der Waals surface area contributed by atoms with Crippen molar-refractivity contribution in [2.24, 2.45) is 0 Å². The number of rotatable bonds is 4. The zero-order valence-corrected chi connectivity index (χ0v) is 8.90. The van der Waals surface area contributed by atoms with E-state index in [-0.39, 0.29) is 11.7 Å². The van der Waals surface area contributed by atoms with Crippen molar-refractivity contribution < 1.29 is 13.6 Å². The molecule has 0 saturated heterocycles. The maximum atomic E-state index is 11.1. The molecule has 1 amide bonds. The second-order valence-electron chi connectivity index (χ2n) is 3.58. The summed E-state index contributed by atoms with van der Waals surface area (Å²) in [6.07, 6.45) is 0. The van der Waals surface area contributed by atoms with Crippen LogP contribution >= 0.6 is 0 Å². The number of carbonyl (C=O) groups excluding carboxylic acids is 1. The molecule has 0 rings (SSSR count). The Morgan fingerprint density at radius 3 is 2.38 bits per heavy atom. The van der Waals surface area contributed by atoms with Gasteiger partial charge in [-0.1, -0.05) is 6.58 Å². The van der Waals surface area contributed by atoms with Crippen LogP contribution in [0.25, 0.3) is 0 Å². The SMILES string of the molecule is C=C(C)C(=O)NC(C)(C)CS(=O)O. The average Bonchev–Trinajstić information content (AvgIpc) is 1.81. The van der Waals surface area contributed by atoms with Gasteiger partial charge in [0.2, 0.25) is 5.91 Å². The highest BCUT2D eigenvalue weighted by Gasteiger charge is 2.22. The molecule has 1 unspecified atom stereocenters. The molecule has 0 radical (unpaired) electrons. The molecule has 0 fully saturated rings. The number of hydrogen-bond donors (Lipinski definition) is 2. The van der Waals surface area contributed by atoms with E-state index in [9.17, 15) is 9.00 Å². The molecule has 0 aliphatic heterocycles. The van der Waals surface area contributed by atoms with Crippen LogP contribution < -0.4 is 5.32 Å². The molecule has 5 heteroatoms. The van der Waals surface area contributed by atoms with Crippen LogP contribution in [0.2, 0.25) is 0 Å². The van der Waals surface area contributed by atoms with Gasteiger partial charge >= 0.3 is 0 Å². The van der Waals surface area contributed by atoms with E-state index in [1.54, 1.807) is 20.8 Å². The summed E-state index contributed by atoms with van der Waals surface area (Å²) in [4.78, 5) is 11.1. The third kappa shape index (κ3) is 5.54. The molecule has 0 aromatic carbocycles. The Balaban J connectivity index is 4.24. The van der Waals surface area contributed by atoms with Crippen molar-refractivity contribution in [3.05, 3.63) is 12.2 Å². The quantitative estimate of drug-likeness (QED) is 0.524. The van der Waals surface area contributed by atoms with E-state index < -0.39 is 16.6 Å². The van der Waals surface area contributed by atoms with Crippen LogP contribution in [0.4, 0.5) is 0 Å². The van der Waals surface area contributed by atoms with Gasteiger partial charge in [-0.05, 0) is 20.8 Å². The number of amides is 1. The summed E-state index contributed by atoms with van der Waals surface area (Å²) in [7, 11) is 0. The molecule has 0 aromatic heterocycles. The van der Waals surface area contributed by atoms with Gasteiger partial charge in [0.05, 0.1) is 5.75 Å². The summed E-state index contributed by atoms with van der Waals surface area (Å²) >= 11 is -1.91. The van der Waals surface area contributed by atoms with Gasteiger partial charge in [-0.25, -0.2) is 4.21 Å². The minimum Gasteiger partial charge on any atom is -0.346 e. The second-order valence-corrected chi connectivity index (χ2v) is 4.52. The largest absolute Gasteiger partial charge is 0.346 e. The van der Waals surface area contributed by atoms with Crippen molar-refractivity contribution in [1.82, 2.24) is 5.32 Å². The summed E-state index contributed by atoms with van der Waals surface area (Å²) in [6.45, 7) is 8.42. The van der Waals surface area contributed by atoms with Gasteiger partial charge in [-0.15, -0.1) is 0 Å². The number of carbonyl (C=O) groups is 1. The van der Waals surface area contributed by atoms with Crippen molar-refractivity contribution in [3.8, 4) is 0 Å². The normalized spacial score (nSPS) is 13.5. The first-order valence-electron chi connectivity index (χ1n) is 3.80. The molecule has 1 atom stereocenters. The monoisotopic (exact) mass is 205 g/mol. The molecule has 0 aliphatic rings. The van der Waals surface area contributed by atoms with Gasteiger partial charge in [-0.2, -0.15) is 0 Å². The lowest BCUT2D eigenvalue weighted by molar-refractivity contribution is -0.118. The Morgan fingerprint density at radius 2 is 2.08 bits per heavy atom. The van der Waals surface area contributed by atoms with E-state index in [0.29, 0.717) is 5.57 Å². The smallest absolute Gasteiger partial charge is 0.246 e. The van der Waals surface area contributed by atoms with E-state index in [1.807, 2.05) is 0 Å². The van der Waals surface area contributed by atoms with Crippen molar-refractivity contribution in [3.63, 3.8) is 0 Å². The minimum atomic E-state index is -1.91. The zero-order valence-electron chi connectivity index (χ0n) is 8.09. The first-order chi connectivity index (χ1) is 5.74. The predicted octanol–water partition coefficient (Wildman–Crippen LogP) is 0.679. The lowest BCUT2D eigenvalue weighted by atomic mass is 10.1. The van der Waals surface area contributed by atoms with Gasteiger partial charge in [0.1, 0.15) is 0 Å². The molecule has 0 heterocycles. The molecule has 0 spiro atoms. The number of nitrogens with one attached hydrogen (secondary N) is 1. The predicted molar refractivity (Wildman–Crippen MR) is 52.7 cm³/mol. The Bertz CT molecular complexity index is 248. The summed E-state index contributed by atoms with van der Waals surface area (Å²) in [5.41, 5.74) is -0.299. The van der Waals surface area contributed by atoms with Crippen molar-refractivity contribution in [2.75, 3.05) is 5.75 Å². The third-order valence-corrected chi connectivity index (χ3v) is 2.29. The molecular weight excluding hydrogens is 190 g/mol. The Morgan fingerprint density at radius 1 is 1.62 bits per heavy atom. The fourth-order valence-corrected chi connectivity index (χ4v) is 1.45. The second kappa shape index (κ2) is 4.53. The summed E-state index contributed by atoms with van der Waals surface area (Å²) in [5, 5.41) is 2.60. The molecule has 0 aliphatic carbocycles. The topological polar surface area (TPSA) is 66.4 Å². The lowest BCUT2D eigenvalue weighted by Gasteiger charge is -2.24. The van der Waals surface area contributed by atoms with Crippen LogP contribution in [0.15, 0.2) is 12.2 Å². The molecule has 2 N–H and O–H groups in total. The minimum absolute atomic E-state index is 0.00597. The van der Waals surface area contributed by atoms with Crippen LogP contribution in [-0.4, -0.2) is 26.0 Å². The van der Waals surface area contributed by atoms with E-state index >= 15 is 0 Å². The van der Waals surface area contributed by atoms with Crippen LogP contribution in [-0.2, 0) is 15.9 Å². The summed E-state index contributed by atoms with van der Waals surface area (Å²) in [6, 6.07) is 0. The maximum Gasteiger partial charge on any atom is 0.246 e. The molecule has 0 saturated carbocycles. The van der Waals surface area contributed by atoms with E-state index in [2.05, 4.69) is 11.9 Å². The zero-order chi connectivity index (χ0) is 10.6. The number of hydrogen-bond acceptors (Lipinski definition) is 2. The van der Waals surface area contributed by atoms with Gasteiger partial charge < -0.3 is 9.87 Å². The highest BCUT2D eigenvalue weighted by atomic mass is 32.2. The van der Waals surface area contributed by atoms with E-state index in [1.165, 1.54) is 0 Å². The summed E-state index contributed by atoms with van der Waals surface area (Å²) in [5.74, 6) is -0.290. The van der Waals surface area contributed by atoms with Gasteiger partial charge in [0.25, 0.3) is 0 Å². The van der Waals surface area contributed by atoms with Crippen LogP contribution in [0.3, 0.4) is 0 Å². The Kier molecular flexibility index (Phi) is 4.29. The van der Waals surface area contributed by atoms with Crippen LogP contribution in [0, 0.1) is 0 Å². The lowest BCUT2D eigenvalue weighted by Crippen LogP contribution is -2.47. The molecule has 0 bridgehead atoms. The summed E-state index contributed by atoms with van der Waals surface area (Å²) < 4.78 is 19.1. The molecule has 4 nitrogen and oxygen atoms in total. The average molecular weight is 205 g/mol. The highest BCUT2D eigenvalue weighted by molar-refractivity contribution is 7.79. The van der Waals surface area contributed by atoms with Gasteiger partial charge in [0.15, 0.2) is 11.1 Å². The molecule has 0 aromatic rings. The molecule has 76 valence electrons. The van der Waals surface area contributed by atoms with Crippen LogP contribution in [0.1, 0.15) is 20.8 Å². The van der Waals surface area contributed by atoms with E-state index in [0.717, 1.165) is 0 Å². The van der Waals surface area contributed by atoms with Crippen LogP contribution in [0.5, 0.6) is 0 Å². The first kappa shape index (κ1) is 12.3. The first-order valence-corrected chi connectivity index (χ1v) is 5.07. The Labute approximate surface area is 80.7 Å². The fraction of sp³-hybridized carbons (Fsp3) is 0.625. The van der Waals surface area contributed by atoms with Gasteiger partial charge in [0, 0.05) is 11.1 Å². The Hall–Kier alpha value is -0.680. The van der Waals surface area contributed by atoms with Gasteiger partial charge in [-0.3, -0.25) is 4.79 Å². The standard InChI is InChI=1S/C8H15NO3S/c1-6(2)7(10)9-8(3,4)5-13(11)12/h1,5H2,2-4H3,(H,9,10)(H,11,12). The van der Waals surface area contributed by atoms with Crippen molar-refractivity contribution in [1.29, 1.82) is 0 Å². The molecular formula is C8H15NO3S. The van der Waals surface area contributed by atoms with Crippen molar-refractivity contribution in [2.45, 2.75) is 26.3 Å². The maximum absolute atomic E-state index is 11.1.